The SMILES string of the molecule is BC(C)(F)c1cccc(C(C)C)n1. The molecule has 0 saturated carbocycles. The summed E-state index contributed by atoms with van der Waals surface area (Å²) < 4.78 is 13.5. The summed E-state index contributed by atoms with van der Waals surface area (Å²) in [5.74, 6) is 0.349. The van der Waals surface area contributed by atoms with E-state index in [1.54, 1.807) is 6.07 Å². The standard InChI is InChI=1S/C10H15BFN/c1-7(2)8-5-4-6-9(13-8)10(3,11)12/h4-7H,11H2,1-3H3. The molecule has 0 spiro atoms. The summed E-state index contributed by atoms with van der Waals surface area (Å²) in [6.45, 7) is 5.63. The molecule has 0 bridgehead atoms. The highest BCUT2D eigenvalue weighted by molar-refractivity contribution is 6.14. The normalized spacial score (nSPS) is 15.8. The van der Waals surface area contributed by atoms with Gasteiger partial charge in [0.25, 0.3) is 0 Å². The van der Waals surface area contributed by atoms with Crippen LogP contribution in [0.2, 0.25) is 0 Å². The number of hydrogen-bond donors (Lipinski definition) is 0. The maximum atomic E-state index is 13.5. The van der Waals surface area contributed by atoms with Crippen molar-refractivity contribution in [2.24, 2.45) is 0 Å². The molecule has 1 aromatic rings. The van der Waals surface area contributed by atoms with Crippen LogP contribution in [-0.2, 0) is 5.57 Å². The van der Waals surface area contributed by atoms with E-state index >= 15 is 0 Å². The summed E-state index contributed by atoms with van der Waals surface area (Å²) in [4.78, 5) is 4.27. The third-order valence-electron chi connectivity index (χ3n) is 1.97. The molecule has 0 N–H and O–H groups in total. The zero-order chi connectivity index (χ0) is 10.1. The Morgan fingerprint density at radius 3 is 2.54 bits per heavy atom. The molecule has 1 rings (SSSR count). The van der Waals surface area contributed by atoms with Gasteiger partial charge in [0.15, 0.2) is 7.85 Å². The van der Waals surface area contributed by atoms with Crippen molar-refractivity contribution in [3.05, 3.63) is 29.6 Å². The van der Waals surface area contributed by atoms with Gasteiger partial charge in [0.2, 0.25) is 0 Å². The fourth-order valence-electron chi connectivity index (χ4n) is 1.10. The highest BCUT2D eigenvalue weighted by Gasteiger charge is 2.20. The average Bonchev–Trinajstić information content (AvgIpc) is 2.03. The Bertz CT molecular complexity index is 291. The molecule has 13 heavy (non-hydrogen) atoms. The van der Waals surface area contributed by atoms with Crippen LogP contribution >= 0.6 is 0 Å². The molecular formula is C10H15BFN. The van der Waals surface area contributed by atoms with Crippen LogP contribution in [0.1, 0.15) is 38.1 Å². The lowest BCUT2D eigenvalue weighted by atomic mass is 9.82. The monoisotopic (exact) mass is 179 g/mol. The maximum absolute atomic E-state index is 13.5. The first kappa shape index (κ1) is 10.2. The molecule has 0 aliphatic rings. The van der Waals surface area contributed by atoms with Crippen LogP contribution in [0.3, 0.4) is 0 Å². The number of nitrogens with zero attached hydrogens (tertiary/aromatic N) is 1. The Morgan fingerprint density at radius 2 is 2.08 bits per heavy atom. The lowest BCUT2D eigenvalue weighted by molar-refractivity contribution is 0.304. The minimum absolute atomic E-state index is 0.349. The Morgan fingerprint density at radius 1 is 1.46 bits per heavy atom. The van der Waals surface area contributed by atoms with E-state index in [-0.39, 0.29) is 0 Å². The van der Waals surface area contributed by atoms with E-state index in [2.05, 4.69) is 18.8 Å². The number of pyridine rings is 1. The van der Waals surface area contributed by atoms with Gasteiger partial charge in [0.05, 0.1) is 5.69 Å². The second-order valence-corrected chi connectivity index (χ2v) is 4.07. The van der Waals surface area contributed by atoms with Gasteiger partial charge in [0.1, 0.15) is 5.57 Å². The molecule has 1 unspecified atom stereocenters. The van der Waals surface area contributed by atoms with Gasteiger partial charge >= 0.3 is 0 Å². The summed E-state index contributed by atoms with van der Waals surface area (Å²) in [5, 5.41) is 0. The van der Waals surface area contributed by atoms with Crippen LogP contribution in [-0.4, -0.2) is 12.8 Å². The number of halogens is 1. The molecule has 0 fully saturated rings. The number of alkyl halides is 1. The van der Waals surface area contributed by atoms with Crippen molar-refractivity contribution >= 4 is 7.85 Å². The van der Waals surface area contributed by atoms with Gasteiger partial charge in [-0.05, 0) is 25.0 Å². The van der Waals surface area contributed by atoms with Crippen LogP contribution in [0.25, 0.3) is 0 Å². The summed E-state index contributed by atoms with van der Waals surface area (Å²) in [6, 6.07) is 5.52. The van der Waals surface area contributed by atoms with Crippen molar-refractivity contribution < 1.29 is 4.39 Å². The van der Waals surface area contributed by atoms with Crippen molar-refractivity contribution in [1.29, 1.82) is 0 Å². The zero-order valence-electron chi connectivity index (χ0n) is 8.63. The van der Waals surface area contributed by atoms with Crippen molar-refractivity contribution in [3.8, 4) is 0 Å². The smallest absolute Gasteiger partial charge is 0.157 e. The van der Waals surface area contributed by atoms with E-state index < -0.39 is 5.57 Å². The quantitative estimate of drug-likeness (QED) is 0.632. The first-order chi connectivity index (χ1) is 5.91. The van der Waals surface area contributed by atoms with Crippen molar-refractivity contribution in [1.82, 2.24) is 4.98 Å². The molecule has 0 aliphatic heterocycles. The second kappa shape index (κ2) is 3.48. The summed E-state index contributed by atoms with van der Waals surface area (Å²) in [5.41, 5.74) is 0.118. The molecular weight excluding hydrogens is 164 g/mol. The molecule has 1 atom stereocenters. The predicted octanol–water partition coefficient (Wildman–Crippen LogP) is 1.98. The lowest BCUT2D eigenvalue weighted by Gasteiger charge is -2.15. The van der Waals surface area contributed by atoms with Crippen LogP contribution < -0.4 is 0 Å². The van der Waals surface area contributed by atoms with Crippen molar-refractivity contribution in [2.75, 3.05) is 0 Å². The van der Waals surface area contributed by atoms with E-state index in [1.807, 2.05) is 12.1 Å². The van der Waals surface area contributed by atoms with Gasteiger partial charge in [-0.15, -0.1) is 0 Å². The molecule has 1 aromatic heterocycles. The van der Waals surface area contributed by atoms with Gasteiger partial charge in [0, 0.05) is 5.69 Å². The van der Waals surface area contributed by atoms with E-state index in [4.69, 9.17) is 0 Å². The molecule has 1 nitrogen and oxygen atoms in total. The third kappa shape index (κ3) is 2.54. The number of aromatic nitrogens is 1. The van der Waals surface area contributed by atoms with Gasteiger partial charge in [-0.2, -0.15) is 0 Å². The van der Waals surface area contributed by atoms with Crippen molar-refractivity contribution in [3.63, 3.8) is 0 Å². The van der Waals surface area contributed by atoms with E-state index in [9.17, 15) is 4.39 Å². The molecule has 0 aliphatic carbocycles. The molecule has 0 saturated heterocycles. The molecule has 3 heteroatoms. The molecule has 0 aromatic carbocycles. The van der Waals surface area contributed by atoms with Crippen LogP contribution in [0.4, 0.5) is 4.39 Å². The second-order valence-electron chi connectivity index (χ2n) is 4.07. The van der Waals surface area contributed by atoms with Gasteiger partial charge in [-0.25, -0.2) is 4.39 Å². The Labute approximate surface area is 79.8 Å². The molecule has 0 radical (unpaired) electrons. The third-order valence-corrected chi connectivity index (χ3v) is 1.97. The van der Waals surface area contributed by atoms with Gasteiger partial charge in [-0.3, -0.25) is 4.98 Å². The first-order valence-electron chi connectivity index (χ1n) is 4.57. The lowest BCUT2D eigenvalue weighted by Crippen LogP contribution is -2.17. The van der Waals surface area contributed by atoms with E-state index in [0.29, 0.717) is 11.6 Å². The van der Waals surface area contributed by atoms with Crippen molar-refractivity contribution in [2.45, 2.75) is 32.3 Å². The summed E-state index contributed by atoms with van der Waals surface area (Å²) in [6.07, 6.45) is 0. The Balaban J connectivity index is 3.06. The topological polar surface area (TPSA) is 12.9 Å². The number of hydrogen-bond acceptors (Lipinski definition) is 1. The van der Waals surface area contributed by atoms with Crippen LogP contribution in [0.5, 0.6) is 0 Å². The zero-order valence-corrected chi connectivity index (χ0v) is 8.63. The fraction of sp³-hybridized carbons (Fsp3) is 0.500. The van der Waals surface area contributed by atoms with Crippen LogP contribution in [0, 0.1) is 0 Å². The molecule has 0 amide bonds. The number of rotatable bonds is 2. The Hall–Kier alpha value is -0.855. The summed E-state index contributed by atoms with van der Waals surface area (Å²) in [7, 11) is 1.53. The molecule has 70 valence electrons. The van der Waals surface area contributed by atoms with Gasteiger partial charge in [-0.1, -0.05) is 19.9 Å². The highest BCUT2D eigenvalue weighted by Crippen LogP contribution is 2.21. The highest BCUT2D eigenvalue weighted by atomic mass is 19.1. The van der Waals surface area contributed by atoms with Crippen LogP contribution in [0.15, 0.2) is 18.2 Å². The largest absolute Gasteiger partial charge is 0.255 e. The van der Waals surface area contributed by atoms with E-state index in [0.717, 1.165) is 5.69 Å². The Kier molecular flexibility index (Phi) is 2.74. The minimum atomic E-state index is -1.34. The average molecular weight is 179 g/mol. The summed E-state index contributed by atoms with van der Waals surface area (Å²) >= 11 is 0. The van der Waals surface area contributed by atoms with E-state index in [1.165, 1.54) is 14.8 Å². The minimum Gasteiger partial charge on any atom is -0.255 e. The fourth-order valence-corrected chi connectivity index (χ4v) is 1.10. The maximum Gasteiger partial charge on any atom is 0.157 e. The molecule has 1 heterocycles. The first-order valence-corrected chi connectivity index (χ1v) is 4.57. The predicted molar refractivity (Wildman–Crippen MR) is 55.3 cm³/mol. The van der Waals surface area contributed by atoms with Gasteiger partial charge < -0.3 is 0 Å².